The van der Waals surface area contributed by atoms with Crippen LogP contribution in [0.15, 0.2) is 53.0 Å². The van der Waals surface area contributed by atoms with Gasteiger partial charge in [-0.3, -0.25) is 4.79 Å². The van der Waals surface area contributed by atoms with Crippen molar-refractivity contribution in [3.63, 3.8) is 0 Å². The van der Waals surface area contributed by atoms with Gasteiger partial charge in [0.1, 0.15) is 5.75 Å². The molecule has 0 aliphatic heterocycles. The van der Waals surface area contributed by atoms with Crippen LogP contribution in [0.2, 0.25) is 0 Å². The Bertz CT molecular complexity index is 700. The van der Waals surface area contributed by atoms with Gasteiger partial charge >= 0.3 is 5.97 Å². The summed E-state index contributed by atoms with van der Waals surface area (Å²) >= 11 is 3.43. The summed E-state index contributed by atoms with van der Waals surface area (Å²) in [5, 5.41) is 11.9. The number of phenols is 1. The molecule has 2 aromatic carbocycles. The van der Waals surface area contributed by atoms with Crippen molar-refractivity contribution in [2.45, 2.75) is 13.0 Å². The second-order valence-corrected chi connectivity index (χ2v) is 5.79. The number of hydrogen-bond acceptors (Lipinski definition) is 4. The number of benzene rings is 2. The van der Waals surface area contributed by atoms with Gasteiger partial charge < -0.3 is 15.2 Å². The molecule has 2 N–H and O–H groups in total. The third kappa shape index (κ3) is 4.82. The maximum Gasteiger partial charge on any atom is 0.338 e. The number of carbonyl (C=O) groups is 2. The lowest BCUT2D eigenvalue weighted by atomic mass is 10.1. The lowest BCUT2D eigenvalue weighted by Crippen LogP contribution is -2.31. The smallest absolute Gasteiger partial charge is 0.338 e. The highest BCUT2D eigenvalue weighted by Crippen LogP contribution is 2.22. The second-order valence-electron chi connectivity index (χ2n) is 4.93. The Balaban J connectivity index is 1.86. The maximum atomic E-state index is 11.9. The standard InChI is InChI=1S/C17H16BrNO4/c1-11(14-4-2-3-5-15(14)18)19-16(21)10-23-17(22)12-6-8-13(20)9-7-12/h2-9,11,20H,10H2,1H3,(H,19,21)/t11-/m0/s1. The van der Waals surface area contributed by atoms with E-state index in [1.165, 1.54) is 24.3 Å². The summed E-state index contributed by atoms with van der Waals surface area (Å²) in [6.45, 7) is 1.48. The highest BCUT2D eigenvalue weighted by atomic mass is 79.9. The van der Waals surface area contributed by atoms with Gasteiger partial charge in [0.15, 0.2) is 6.61 Å². The fourth-order valence-electron chi connectivity index (χ4n) is 2.00. The minimum absolute atomic E-state index is 0.0570. The molecule has 120 valence electrons. The van der Waals surface area contributed by atoms with Gasteiger partial charge in [0.25, 0.3) is 5.91 Å². The second kappa shape index (κ2) is 7.78. The minimum Gasteiger partial charge on any atom is -0.508 e. The molecular formula is C17H16BrNO4. The summed E-state index contributed by atoms with van der Waals surface area (Å²) in [6.07, 6.45) is 0. The zero-order valence-corrected chi connectivity index (χ0v) is 14.0. The van der Waals surface area contributed by atoms with Crippen LogP contribution in [0.4, 0.5) is 0 Å². The van der Waals surface area contributed by atoms with Gasteiger partial charge in [-0.2, -0.15) is 0 Å². The molecule has 6 heteroatoms. The molecule has 0 bridgehead atoms. The zero-order valence-electron chi connectivity index (χ0n) is 12.5. The van der Waals surface area contributed by atoms with Gasteiger partial charge in [-0.25, -0.2) is 4.79 Å². The summed E-state index contributed by atoms with van der Waals surface area (Å²) in [5.41, 5.74) is 1.21. The van der Waals surface area contributed by atoms with Crippen molar-refractivity contribution in [2.75, 3.05) is 6.61 Å². The molecule has 0 aliphatic carbocycles. The molecule has 0 radical (unpaired) electrons. The first-order valence-electron chi connectivity index (χ1n) is 6.97. The van der Waals surface area contributed by atoms with Crippen LogP contribution in [0.25, 0.3) is 0 Å². The molecule has 0 heterocycles. The predicted molar refractivity (Wildman–Crippen MR) is 89.1 cm³/mol. The summed E-state index contributed by atoms with van der Waals surface area (Å²) in [6, 6.07) is 13.0. The van der Waals surface area contributed by atoms with E-state index in [1.54, 1.807) is 0 Å². The van der Waals surface area contributed by atoms with E-state index in [9.17, 15) is 9.59 Å². The molecule has 0 aliphatic rings. The van der Waals surface area contributed by atoms with Crippen molar-refractivity contribution in [2.24, 2.45) is 0 Å². The molecule has 2 aromatic rings. The largest absolute Gasteiger partial charge is 0.508 e. The number of rotatable bonds is 5. The van der Waals surface area contributed by atoms with Gasteiger partial charge in [0.05, 0.1) is 11.6 Å². The quantitative estimate of drug-likeness (QED) is 0.784. The Kier molecular flexibility index (Phi) is 5.76. The Hall–Kier alpha value is -2.34. The molecule has 0 saturated heterocycles. The Morgan fingerprint density at radius 1 is 1.17 bits per heavy atom. The molecule has 0 unspecified atom stereocenters. The number of amides is 1. The normalized spacial score (nSPS) is 11.6. The van der Waals surface area contributed by atoms with Gasteiger partial charge in [-0.05, 0) is 42.8 Å². The topological polar surface area (TPSA) is 75.6 Å². The molecule has 0 spiro atoms. The third-order valence-corrected chi connectivity index (χ3v) is 3.91. The summed E-state index contributed by atoms with van der Waals surface area (Å²) < 4.78 is 5.85. The van der Waals surface area contributed by atoms with E-state index < -0.39 is 5.97 Å². The molecule has 1 atom stereocenters. The highest BCUT2D eigenvalue weighted by Gasteiger charge is 2.14. The average Bonchev–Trinajstić information content (AvgIpc) is 2.53. The van der Waals surface area contributed by atoms with Crippen LogP contribution in [-0.4, -0.2) is 23.6 Å². The molecule has 0 saturated carbocycles. The number of hydrogen-bond donors (Lipinski definition) is 2. The van der Waals surface area contributed by atoms with Gasteiger partial charge in [-0.15, -0.1) is 0 Å². The number of ether oxygens (including phenoxy) is 1. The summed E-state index contributed by atoms with van der Waals surface area (Å²) in [4.78, 5) is 23.7. The van der Waals surface area contributed by atoms with Crippen LogP contribution < -0.4 is 5.32 Å². The van der Waals surface area contributed by atoms with Crippen LogP contribution in [-0.2, 0) is 9.53 Å². The lowest BCUT2D eigenvalue weighted by molar-refractivity contribution is -0.124. The van der Waals surface area contributed by atoms with Crippen LogP contribution in [0.1, 0.15) is 28.9 Å². The van der Waals surface area contributed by atoms with E-state index in [1.807, 2.05) is 31.2 Å². The van der Waals surface area contributed by atoms with Crippen molar-refractivity contribution >= 4 is 27.8 Å². The summed E-state index contributed by atoms with van der Waals surface area (Å²) in [5.74, 6) is -0.948. The molecule has 1 amide bonds. The number of esters is 1. The lowest BCUT2D eigenvalue weighted by Gasteiger charge is -2.15. The van der Waals surface area contributed by atoms with Crippen molar-refractivity contribution in [3.8, 4) is 5.75 Å². The van der Waals surface area contributed by atoms with Crippen molar-refractivity contribution in [3.05, 3.63) is 64.1 Å². The fraction of sp³-hybridized carbons (Fsp3) is 0.176. The van der Waals surface area contributed by atoms with Crippen molar-refractivity contribution < 1.29 is 19.4 Å². The molecule has 23 heavy (non-hydrogen) atoms. The number of nitrogens with one attached hydrogen (secondary N) is 1. The summed E-state index contributed by atoms with van der Waals surface area (Å²) in [7, 11) is 0. The number of aromatic hydroxyl groups is 1. The predicted octanol–water partition coefficient (Wildman–Crippen LogP) is 3.19. The van der Waals surface area contributed by atoms with Crippen LogP contribution in [0.5, 0.6) is 5.75 Å². The Morgan fingerprint density at radius 2 is 1.83 bits per heavy atom. The third-order valence-electron chi connectivity index (χ3n) is 3.19. The Morgan fingerprint density at radius 3 is 2.48 bits per heavy atom. The van der Waals surface area contributed by atoms with Crippen LogP contribution in [0.3, 0.4) is 0 Å². The molecule has 0 fully saturated rings. The SMILES string of the molecule is C[C@H](NC(=O)COC(=O)c1ccc(O)cc1)c1ccccc1Br. The van der Waals surface area contributed by atoms with Gasteiger partial charge in [0, 0.05) is 4.47 Å². The van der Waals surface area contributed by atoms with E-state index in [2.05, 4.69) is 21.2 Å². The monoisotopic (exact) mass is 377 g/mol. The maximum absolute atomic E-state index is 11.9. The highest BCUT2D eigenvalue weighted by molar-refractivity contribution is 9.10. The number of carbonyl (C=O) groups excluding carboxylic acids is 2. The number of halogens is 1. The van der Waals surface area contributed by atoms with Crippen LogP contribution >= 0.6 is 15.9 Å². The van der Waals surface area contributed by atoms with E-state index >= 15 is 0 Å². The first-order valence-corrected chi connectivity index (χ1v) is 7.76. The average molecular weight is 378 g/mol. The van der Waals surface area contributed by atoms with Gasteiger partial charge in [0.2, 0.25) is 0 Å². The first kappa shape index (κ1) is 17.0. The van der Waals surface area contributed by atoms with Crippen molar-refractivity contribution in [1.29, 1.82) is 0 Å². The van der Waals surface area contributed by atoms with Gasteiger partial charge in [-0.1, -0.05) is 34.1 Å². The number of phenolic OH excluding ortho intramolecular Hbond substituents is 1. The first-order chi connectivity index (χ1) is 11.0. The fourth-order valence-corrected chi connectivity index (χ4v) is 2.63. The zero-order chi connectivity index (χ0) is 16.8. The minimum atomic E-state index is -0.617. The van der Waals surface area contributed by atoms with E-state index in [0.29, 0.717) is 0 Å². The van der Waals surface area contributed by atoms with E-state index in [-0.39, 0.29) is 29.9 Å². The van der Waals surface area contributed by atoms with E-state index in [4.69, 9.17) is 9.84 Å². The molecule has 0 aromatic heterocycles. The molecular weight excluding hydrogens is 362 g/mol. The van der Waals surface area contributed by atoms with E-state index in [0.717, 1.165) is 10.0 Å². The van der Waals surface area contributed by atoms with Crippen molar-refractivity contribution in [1.82, 2.24) is 5.32 Å². The molecule has 5 nitrogen and oxygen atoms in total. The Labute approximate surface area is 142 Å². The van der Waals surface area contributed by atoms with Crippen LogP contribution in [0, 0.1) is 0 Å². The molecule has 2 rings (SSSR count).